The first-order chi connectivity index (χ1) is 13.7. The summed E-state index contributed by atoms with van der Waals surface area (Å²) in [6, 6.07) is 17.5. The molecular formula is C23H23N3O2. The van der Waals surface area contributed by atoms with Crippen LogP contribution in [0.4, 0.5) is 0 Å². The van der Waals surface area contributed by atoms with Crippen LogP contribution in [0.1, 0.15) is 34.7 Å². The third-order valence-corrected chi connectivity index (χ3v) is 5.32. The SMILES string of the molecule is COc1cccc(-c2ccc(C(=O)N3CCC(c4ccncc4)CC3)cc2)n1. The second-order valence-electron chi connectivity index (χ2n) is 6.99. The Morgan fingerprint density at radius 2 is 1.71 bits per heavy atom. The largest absolute Gasteiger partial charge is 0.481 e. The van der Waals surface area contributed by atoms with Crippen LogP contribution >= 0.6 is 0 Å². The molecule has 0 aliphatic carbocycles. The molecule has 4 rings (SSSR count). The lowest BCUT2D eigenvalue weighted by molar-refractivity contribution is 0.0713. The molecule has 1 fully saturated rings. The van der Waals surface area contributed by atoms with E-state index in [1.807, 2.05) is 59.8 Å². The van der Waals surface area contributed by atoms with Gasteiger partial charge in [-0.25, -0.2) is 4.98 Å². The Morgan fingerprint density at radius 3 is 2.39 bits per heavy atom. The third kappa shape index (κ3) is 3.88. The van der Waals surface area contributed by atoms with Crippen LogP contribution < -0.4 is 4.74 Å². The van der Waals surface area contributed by atoms with E-state index in [4.69, 9.17) is 4.74 Å². The number of pyridine rings is 2. The minimum Gasteiger partial charge on any atom is -0.481 e. The highest BCUT2D eigenvalue weighted by molar-refractivity contribution is 5.94. The fourth-order valence-electron chi connectivity index (χ4n) is 3.71. The third-order valence-electron chi connectivity index (χ3n) is 5.32. The number of nitrogens with zero attached hydrogens (tertiary/aromatic N) is 3. The van der Waals surface area contributed by atoms with E-state index in [2.05, 4.69) is 22.1 Å². The lowest BCUT2D eigenvalue weighted by Crippen LogP contribution is -2.37. The molecule has 0 saturated carbocycles. The van der Waals surface area contributed by atoms with Crippen LogP contribution in [0.2, 0.25) is 0 Å². The van der Waals surface area contributed by atoms with Gasteiger partial charge in [0.15, 0.2) is 0 Å². The van der Waals surface area contributed by atoms with Gasteiger partial charge in [0.1, 0.15) is 0 Å². The number of amides is 1. The zero-order chi connectivity index (χ0) is 19.3. The second-order valence-corrected chi connectivity index (χ2v) is 6.99. The number of carbonyl (C=O) groups is 1. The molecule has 1 saturated heterocycles. The van der Waals surface area contributed by atoms with E-state index >= 15 is 0 Å². The molecule has 0 unspecified atom stereocenters. The van der Waals surface area contributed by atoms with Gasteiger partial charge in [-0.1, -0.05) is 18.2 Å². The molecule has 2 aromatic heterocycles. The molecule has 0 atom stereocenters. The number of benzene rings is 1. The van der Waals surface area contributed by atoms with Gasteiger partial charge in [-0.3, -0.25) is 9.78 Å². The zero-order valence-electron chi connectivity index (χ0n) is 15.9. The van der Waals surface area contributed by atoms with Crippen molar-refractivity contribution in [2.24, 2.45) is 0 Å². The molecule has 1 aliphatic heterocycles. The van der Waals surface area contributed by atoms with Crippen LogP contribution in [0.25, 0.3) is 11.3 Å². The number of aromatic nitrogens is 2. The average Bonchev–Trinajstić information content (AvgIpc) is 2.79. The predicted octanol–water partition coefficient (Wildman–Crippen LogP) is 4.17. The number of likely N-dealkylation sites (tertiary alicyclic amines) is 1. The van der Waals surface area contributed by atoms with Crippen LogP contribution in [0.5, 0.6) is 5.88 Å². The van der Waals surface area contributed by atoms with E-state index in [0.29, 0.717) is 17.4 Å². The van der Waals surface area contributed by atoms with E-state index < -0.39 is 0 Å². The lowest BCUT2D eigenvalue weighted by Gasteiger charge is -2.32. The highest BCUT2D eigenvalue weighted by Crippen LogP contribution is 2.28. The summed E-state index contributed by atoms with van der Waals surface area (Å²) < 4.78 is 5.18. The first-order valence-electron chi connectivity index (χ1n) is 9.55. The minimum atomic E-state index is 0.0957. The quantitative estimate of drug-likeness (QED) is 0.689. The van der Waals surface area contributed by atoms with Crippen molar-refractivity contribution in [2.45, 2.75) is 18.8 Å². The van der Waals surface area contributed by atoms with Gasteiger partial charge in [0.05, 0.1) is 12.8 Å². The number of rotatable bonds is 4. The van der Waals surface area contributed by atoms with Gasteiger partial charge in [0.25, 0.3) is 5.91 Å². The molecule has 3 heterocycles. The van der Waals surface area contributed by atoms with Crippen LogP contribution in [0.3, 0.4) is 0 Å². The van der Waals surface area contributed by atoms with Crippen molar-refractivity contribution in [2.75, 3.05) is 20.2 Å². The number of hydrogen-bond acceptors (Lipinski definition) is 4. The van der Waals surface area contributed by atoms with E-state index in [-0.39, 0.29) is 5.91 Å². The maximum absolute atomic E-state index is 12.9. The number of ether oxygens (including phenoxy) is 1. The van der Waals surface area contributed by atoms with Crippen molar-refractivity contribution in [3.05, 3.63) is 78.1 Å². The van der Waals surface area contributed by atoms with Gasteiger partial charge < -0.3 is 9.64 Å². The Labute approximate surface area is 165 Å². The standard InChI is InChI=1S/C23H23N3O2/c1-28-22-4-2-3-21(25-22)19-5-7-20(8-6-19)23(27)26-15-11-18(12-16-26)17-9-13-24-14-10-17/h2-10,13-14,18H,11-12,15-16H2,1H3. The molecule has 0 bridgehead atoms. The van der Waals surface area contributed by atoms with Crippen LogP contribution in [0, 0.1) is 0 Å². The highest BCUT2D eigenvalue weighted by Gasteiger charge is 2.24. The molecule has 1 aliphatic rings. The van der Waals surface area contributed by atoms with Crippen molar-refractivity contribution >= 4 is 5.91 Å². The Balaban J connectivity index is 1.41. The molecule has 3 aromatic rings. The second kappa shape index (κ2) is 8.21. The number of methoxy groups -OCH3 is 1. The maximum atomic E-state index is 12.9. The molecule has 0 N–H and O–H groups in total. The van der Waals surface area contributed by atoms with Crippen LogP contribution in [-0.2, 0) is 0 Å². The Morgan fingerprint density at radius 1 is 1.00 bits per heavy atom. The zero-order valence-corrected chi connectivity index (χ0v) is 15.9. The first kappa shape index (κ1) is 18.2. The van der Waals surface area contributed by atoms with E-state index in [0.717, 1.165) is 37.2 Å². The van der Waals surface area contributed by atoms with Gasteiger partial charge in [-0.2, -0.15) is 0 Å². The Hall–Kier alpha value is -3.21. The van der Waals surface area contributed by atoms with E-state index in [1.165, 1.54) is 5.56 Å². The predicted molar refractivity (Wildman–Crippen MR) is 108 cm³/mol. The minimum absolute atomic E-state index is 0.0957. The van der Waals surface area contributed by atoms with Gasteiger partial charge in [0, 0.05) is 42.7 Å². The molecular weight excluding hydrogens is 350 g/mol. The number of hydrogen-bond donors (Lipinski definition) is 0. The first-order valence-corrected chi connectivity index (χ1v) is 9.55. The molecule has 0 spiro atoms. The topological polar surface area (TPSA) is 55.3 Å². The summed E-state index contributed by atoms with van der Waals surface area (Å²) in [5.74, 6) is 1.18. The summed E-state index contributed by atoms with van der Waals surface area (Å²) in [5.41, 5.74) is 3.83. The van der Waals surface area contributed by atoms with Gasteiger partial charge in [-0.15, -0.1) is 0 Å². The summed E-state index contributed by atoms with van der Waals surface area (Å²) in [7, 11) is 1.60. The summed E-state index contributed by atoms with van der Waals surface area (Å²) in [6.45, 7) is 1.57. The van der Waals surface area contributed by atoms with Crippen molar-refractivity contribution < 1.29 is 9.53 Å². The fourth-order valence-corrected chi connectivity index (χ4v) is 3.71. The average molecular weight is 373 g/mol. The smallest absolute Gasteiger partial charge is 0.253 e. The number of carbonyl (C=O) groups excluding carboxylic acids is 1. The monoisotopic (exact) mass is 373 g/mol. The molecule has 1 aromatic carbocycles. The van der Waals surface area contributed by atoms with Crippen molar-refractivity contribution in [1.29, 1.82) is 0 Å². The number of piperidine rings is 1. The van der Waals surface area contributed by atoms with Crippen molar-refractivity contribution in [1.82, 2.24) is 14.9 Å². The lowest BCUT2D eigenvalue weighted by atomic mass is 9.90. The fraction of sp³-hybridized carbons (Fsp3) is 0.261. The van der Waals surface area contributed by atoms with Crippen molar-refractivity contribution in [3.63, 3.8) is 0 Å². The Bertz CT molecular complexity index is 934. The molecule has 1 amide bonds. The summed E-state index contributed by atoms with van der Waals surface area (Å²) in [6.07, 6.45) is 5.65. The summed E-state index contributed by atoms with van der Waals surface area (Å²) >= 11 is 0. The van der Waals surface area contributed by atoms with Crippen LogP contribution in [-0.4, -0.2) is 41.0 Å². The molecule has 28 heavy (non-hydrogen) atoms. The molecule has 5 heteroatoms. The van der Waals surface area contributed by atoms with E-state index in [1.54, 1.807) is 7.11 Å². The van der Waals surface area contributed by atoms with Gasteiger partial charge >= 0.3 is 0 Å². The van der Waals surface area contributed by atoms with Gasteiger partial charge in [-0.05, 0) is 54.7 Å². The van der Waals surface area contributed by atoms with Gasteiger partial charge in [0.2, 0.25) is 5.88 Å². The molecule has 142 valence electrons. The maximum Gasteiger partial charge on any atom is 0.253 e. The normalized spacial score (nSPS) is 14.7. The molecule has 0 radical (unpaired) electrons. The highest BCUT2D eigenvalue weighted by atomic mass is 16.5. The Kier molecular flexibility index (Phi) is 5.33. The van der Waals surface area contributed by atoms with E-state index in [9.17, 15) is 4.79 Å². The summed E-state index contributed by atoms with van der Waals surface area (Å²) in [5, 5.41) is 0. The molecule has 5 nitrogen and oxygen atoms in total. The van der Waals surface area contributed by atoms with Crippen molar-refractivity contribution in [3.8, 4) is 17.1 Å². The van der Waals surface area contributed by atoms with Crippen LogP contribution in [0.15, 0.2) is 67.0 Å². The summed E-state index contributed by atoms with van der Waals surface area (Å²) in [4.78, 5) is 23.4.